The van der Waals surface area contributed by atoms with Crippen LogP contribution < -0.4 is 10.7 Å². The average Bonchev–Trinajstić information content (AvgIpc) is 3.83. The van der Waals surface area contributed by atoms with Crippen molar-refractivity contribution in [1.29, 1.82) is 0 Å². The van der Waals surface area contributed by atoms with Crippen LogP contribution in [-0.4, -0.2) is 119 Å². The number of cyclic esters (lactones) is 1. The summed E-state index contributed by atoms with van der Waals surface area (Å²) in [5.74, 6) is -1.64. The van der Waals surface area contributed by atoms with E-state index in [0.29, 0.717) is 57.0 Å². The van der Waals surface area contributed by atoms with Gasteiger partial charge in [-0.3, -0.25) is 24.4 Å². The molecule has 0 saturated carbocycles. The van der Waals surface area contributed by atoms with Gasteiger partial charge in [0.2, 0.25) is 11.8 Å². The summed E-state index contributed by atoms with van der Waals surface area (Å²) in [6.07, 6.45) is 5.67. The number of likely N-dealkylation sites (tertiary alicyclic amines) is 1. The van der Waals surface area contributed by atoms with Gasteiger partial charge in [-0.1, -0.05) is 40.3 Å². The highest BCUT2D eigenvalue weighted by atomic mass is 16.6. The second kappa shape index (κ2) is 20.5. The number of ether oxygens (including phenoxy) is 4. The number of aryl methyl sites for hydroxylation is 1. The Morgan fingerprint density at radius 3 is 2.55 bits per heavy atom. The largest absolute Gasteiger partial charge is 0.464 e. The fourth-order valence-corrected chi connectivity index (χ4v) is 8.59. The summed E-state index contributed by atoms with van der Waals surface area (Å²) in [5, 5.41) is 5.40. The molecule has 65 heavy (non-hydrogen) atoms. The van der Waals surface area contributed by atoms with E-state index in [2.05, 4.69) is 54.8 Å². The van der Waals surface area contributed by atoms with E-state index >= 15 is 0 Å². The van der Waals surface area contributed by atoms with Crippen LogP contribution in [-0.2, 0) is 52.7 Å². The number of nitrogens with one attached hydrogen (secondary N) is 2. The lowest BCUT2D eigenvalue weighted by Gasteiger charge is -2.40. The molecule has 6 rings (SSSR count). The number of carbonyl (C=O) groups is 4. The molecule has 0 spiro atoms. The summed E-state index contributed by atoms with van der Waals surface area (Å²) in [6.45, 7) is 25.5. The van der Waals surface area contributed by atoms with Crippen molar-refractivity contribution in [2.75, 3.05) is 40.0 Å². The molecular weight excluding hydrogens is 831 g/mol. The number of allylic oxidation sites excluding steroid dienone is 2. The van der Waals surface area contributed by atoms with E-state index in [0.717, 1.165) is 39.0 Å². The van der Waals surface area contributed by atoms with Gasteiger partial charge in [-0.05, 0) is 90.5 Å². The first-order valence-electron chi connectivity index (χ1n) is 22.9. The van der Waals surface area contributed by atoms with Gasteiger partial charge in [0.15, 0.2) is 0 Å². The first kappa shape index (κ1) is 49.1. The molecule has 4 atom stereocenters. The first-order chi connectivity index (χ1) is 30.8. The van der Waals surface area contributed by atoms with Crippen molar-refractivity contribution in [2.45, 2.75) is 131 Å². The van der Waals surface area contributed by atoms with E-state index < -0.39 is 47.0 Å². The minimum Gasteiger partial charge on any atom is -0.464 e. The zero-order valence-electron chi connectivity index (χ0n) is 40.1. The third-order valence-electron chi connectivity index (χ3n) is 12.2. The fourth-order valence-electron chi connectivity index (χ4n) is 8.59. The number of hydrogen-bond donors (Lipinski definition) is 2. The third kappa shape index (κ3) is 11.4. The molecule has 6 bridgehead atoms. The Kier molecular flexibility index (Phi) is 15.5. The summed E-state index contributed by atoms with van der Waals surface area (Å²) >= 11 is 0. The number of oxazole rings is 1. The van der Waals surface area contributed by atoms with Crippen LogP contribution in [0.4, 0.5) is 4.79 Å². The van der Waals surface area contributed by atoms with Crippen LogP contribution in [0.3, 0.4) is 0 Å². The van der Waals surface area contributed by atoms with Crippen molar-refractivity contribution < 1.29 is 42.5 Å². The van der Waals surface area contributed by atoms with Gasteiger partial charge in [0.25, 0.3) is 5.91 Å². The number of aliphatic imine (C=N–C) groups is 1. The van der Waals surface area contributed by atoms with Gasteiger partial charge in [-0.2, -0.15) is 0 Å². The number of hydrogen-bond acceptors (Lipinski definition) is 12. The highest BCUT2D eigenvalue weighted by molar-refractivity contribution is 5.95. The number of nitrogens with zero attached hydrogens (tertiary/aromatic N) is 5. The average molecular weight is 900 g/mol. The number of carbonyl (C=O) groups excluding carboxylic acids is 4. The van der Waals surface area contributed by atoms with E-state index in [9.17, 15) is 19.2 Å². The normalized spacial score (nSPS) is 21.1. The first-order valence-corrected chi connectivity index (χ1v) is 22.9. The molecule has 2 fully saturated rings. The molecule has 0 radical (unpaired) electrons. The Morgan fingerprint density at radius 1 is 1.17 bits per heavy atom. The predicted molar refractivity (Wildman–Crippen MR) is 249 cm³/mol. The van der Waals surface area contributed by atoms with E-state index in [1.54, 1.807) is 18.2 Å². The van der Waals surface area contributed by atoms with Crippen molar-refractivity contribution in [3.8, 4) is 11.5 Å². The number of esters is 1. The third-order valence-corrected chi connectivity index (χ3v) is 12.2. The molecule has 3 aliphatic heterocycles. The van der Waals surface area contributed by atoms with Crippen LogP contribution in [0.2, 0.25) is 0 Å². The second-order valence-electron chi connectivity index (χ2n) is 19.4. The van der Waals surface area contributed by atoms with Gasteiger partial charge in [0.1, 0.15) is 23.9 Å². The molecule has 3 amide bonds. The molecule has 3 aliphatic rings. The minimum absolute atomic E-state index is 0.0183. The molecule has 2 saturated heterocycles. The van der Waals surface area contributed by atoms with Crippen LogP contribution in [0.5, 0.6) is 0 Å². The molecule has 0 aliphatic carbocycles. The van der Waals surface area contributed by atoms with Gasteiger partial charge < -0.3 is 38.1 Å². The van der Waals surface area contributed by atoms with E-state index in [4.69, 9.17) is 33.3 Å². The molecule has 16 heteroatoms. The van der Waals surface area contributed by atoms with Crippen molar-refractivity contribution in [3.05, 3.63) is 59.8 Å². The molecule has 5 heterocycles. The van der Waals surface area contributed by atoms with Gasteiger partial charge in [0, 0.05) is 60.3 Å². The quantitative estimate of drug-likeness (QED) is 0.110. The molecular formula is C49H69N7O9. The molecule has 2 N–H and O–H groups in total. The number of hydrazine groups is 1. The van der Waals surface area contributed by atoms with Crippen LogP contribution in [0, 0.1) is 17.3 Å². The maximum atomic E-state index is 14.5. The summed E-state index contributed by atoms with van der Waals surface area (Å²) in [7, 11) is 1.66. The number of rotatable bonds is 12. The Labute approximate surface area is 383 Å². The van der Waals surface area contributed by atoms with Crippen LogP contribution in [0.1, 0.15) is 99.0 Å². The Morgan fingerprint density at radius 2 is 1.91 bits per heavy atom. The van der Waals surface area contributed by atoms with Crippen molar-refractivity contribution in [2.24, 2.45) is 22.2 Å². The number of amides is 3. The lowest BCUT2D eigenvalue weighted by atomic mass is 9.84. The van der Waals surface area contributed by atoms with Gasteiger partial charge in [0.05, 0.1) is 61.5 Å². The SMILES string of the molecule is C=C/C(=C(\N=C/C)[C@H](C)OC)c1c2c3cc(ccc3n1CC)-c1nc(co1)C[C@H](NC(=O)[C@@H](COC1CN(C(=O)OC(C)(C)C)C1)C(C)C)C(=O)N1CCC[C@H](N1)C(=O)OCC(C)(C)C2. The zero-order chi connectivity index (χ0) is 47.4. The van der Waals surface area contributed by atoms with Crippen molar-refractivity contribution in [3.63, 3.8) is 0 Å². The van der Waals surface area contributed by atoms with E-state index in [-0.39, 0.29) is 43.7 Å². The van der Waals surface area contributed by atoms with Crippen LogP contribution in [0.15, 0.2) is 52.2 Å². The fraction of sp³-hybridized carbons (Fsp3) is 0.592. The minimum atomic E-state index is -1.07. The van der Waals surface area contributed by atoms with Crippen molar-refractivity contribution >= 4 is 46.6 Å². The molecule has 354 valence electrons. The summed E-state index contributed by atoms with van der Waals surface area (Å²) < 4.78 is 31.9. The summed E-state index contributed by atoms with van der Waals surface area (Å²) in [6, 6.07) is 4.24. The zero-order valence-corrected chi connectivity index (χ0v) is 40.1. The molecule has 16 nitrogen and oxygen atoms in total. The van der Waals surface area contributed by atoms with Gasteiger partial charge >= 0.3 is 12.1 Å². The van der Waals surface area contributed by atoms with E-state index in [1.807, 2.05) is 60.6 Å². The lowest BCUT2D eigenvalue weighted by molar-refractivity contribution is -0.155. The summed E-state index contributed by atoms with van der Waals surface area (Å²) in [4.78, 5) is 66.2. The van der Waals surface area contributed by atoms with Crippen LogP contribution >= 0.6 is 0 Å². The van der Waals surface area contributed by atoms with Crippen LogP contribution in [0.25, 0.3) is 27.9 Å². The topological polar surface area (TPSA) is 179 Å². The summed E-state index contributed by atoms with van der Waals surface area (Å²) in [5.41, 5.74) is 7.69. The highest BCUT2D eigenvalue weighted by Crippen LogP contribution is 2.40. The monoisotopic (exact) mass is 900 g/mol. The van der Waals surface area contributed by atoms with Gasteiger partial charge in [-0.15, -0.1) is 0 Å². The smallest absolute Gasteiger partial charge is 0.410 e. The highest BCUT2D eigenvalue weighted by Gasteiger charge is 2.39. The standard InChI is InChI=1S/C49H69N7O9/c1-13-34(41(50-14-2)30(6)61-12)42-36-23-49(10,11)28-64-46(59)38-17-16-20-56(53-38)45(58)39(22-32-26-63-44(51-32)31-18-19-40(35(36)21-31)55(42)15-3)52-43(57)37(29(4)5)27-62-33-24-54(25-33)47(60)65-48(7,8)9/h13-14,18-19,21,26,29-30,33,37-39,53H,1,15-17,20,22-25,27-28H2,2-12H3,(H,52,57)/b41-34+,50-14-/t30-,37-,38-,39-/m0/s1. The second-order valence-corrected chi connectivity index (χ2v) is 19.4. The Balaban J connectivity index is 1.36. The molecule has 1 aromatic carbocycles. The van der Waals surface area contributed by atoms with Crippen molar-refractivity contribution in [1.82, 2.24) is 30.2 Å². The Bertz CT molecular complexity index is 2290. The molecule has 3 aromatic rings. The number of methoxy groups -OCH3 is 1. The predicted octanol–water partition coefficient (Wildman–Crippen LogP) is 6.90. The number of benzene rings is 1. The Hall–Kier alpha value is -5.32. The number of aromatic nitrogens is 2. The molecule has 2 aromatic heterocycles. The lowest BCUT2D eigenvalue weighted by Crippen LogP contribution is -2.61. The number of fused-ring (bicyclic) bond motifs is 6. The molecule has 0 unspecified atom stereocenters. The maximum Gasteiger partial charge on any atom is 0.410 e. The van der Waals surface area contributed by atoms with E-state index in [1.165, 1.54) is 11.3 Å². The maximum absolute atomic E-state index is 14.5. The van der Waals surface area contributed by atoms with Gasteiger partial charge in [-0.25, -0.2) is 15.2 Å².